The normalized spacial score (nSPS) is 12.4. The number of aromatic nitrogens is 1. The van der Waals surface area contributed by atoms with E-state index < -0.39 is 0 Å². The topological polar surface area (TPSA) is 82.0 Å². The number of anilines is 1. The van der Waals surface area contributed by atoms with Gasteiger partial charge in [0, 0.05) is 24.5 Å². The Labute approximate surface area is 83.3 Å². The molecule has 1 atom stereocenters. The molecule has 0 saturated heterocycles. The van der Waals surface area contributed by atoms with Crippen molar-refractivity contribution in [2.24, 2.45) is 11.7 Å². The second-order valence-corrected chi connectivity index (χ2v) is 3.43. The zero-order chi connectivity index (χ0) is 10.6. The van der Waals surface area contributed by atoms with Gasteiger partial charge in [-0.2, -0.15) is 0 Å². The lowest BCUT2D eigenvalue weighted by atomic mass is 10.0. The van der Waals surface area contributed by atoms with E-state index in [0.29, 0.717) is 24.2 Å². The highest BCUT2D eigenvalue weighted by Crippen LogP contribution is 2.14. The van der Waals surface area contributed by atoms with Gasteiger partial charge in [-0.1, -0.05) is 6.92 Å². The zero-order valence-corrected chi connectivity index (χ0v) is 8.23. The summed E-state index contributed by atoms with van der Waals surface area (Å²) in [6.45, 7) is 2.44. The number of carbonyl (C=O) groups is 1. The van der Waals surface area contributed by atoms with Gasteiger partial charge in [-0.05, 0) is 18.5 Å². The van der Waals surface area contributed by atoms with Gasteiger partial charge in [-0.15, -0.1) is 0 Å². The number of rotatable bonds is 4. The smallest absolute Gasteiger partial charge is 0.166 e. The molecule has 4 heteroatoms. The number of nitrogen functional groups attached to an aromatic ring is 1. The fraction of sp³-hybridized carbons (Fsp3) is 0.400. The number of ketones is 1. The number of pyridine rings is 1. The van der Waals surface area contributed by atoms with E-state index in [9.17, 15) is 4.79 Å². The first-order valence-electron chi connectivity index (χ1n) is 4.58. The summed E-state index contributed by atoms with van der Waals surface area (Å²) in [7, 11) is 0. The van der Waals surface area contributed by atoms with Crippen LogP contribution >= 0.6 is 0 Å². The molecule has 1 rings (SSSR count). The Morgan fingerprint density at radius 1 is 1.64 bits per heavy atom. The largest absolute Gasteiger partial charge is 0.398 e. The third kappa shape index (κ3) is 2.53. The van der Waals surface area contributed by atoms with E-state index in [2.05, 4.69) is 4.98 Å². The van der Waals surface area contributed by atoms with Crippen molar-refractivity contribution >= 4 is 11.5 Å². The molecule has 1 unspecified atom stereocenters. The lowest BCUT2D eigenvalue weighted by molar-refractivity contribution is 0.0966. The van der Waals surface area contributed by atoms with E-state index in [1.54, 1.807) is 12.3 Å². The minimum absolute atomic E-state index is 0.00792. The maximum Gasteiger partial charge on any atom is 0.166 e. The number of nitrogens with two attached hydrogens (primary N) is 2. The molecule has 1 aromatic rings. The van der Waals surface area contributed by atoms with Crippen molar-refractivity contribution in [2.45, 2.75) is 13.3 Å². The third-order valence-electron chi connectivity index (χ3n) is 2.09. The molecule has 4 nitrogen and oxygen atoms in total. The molecule has 0 fully saturated rings. The second-order valence-electron chi connectivity index (χ2n) is 3.43. The van der Waals surface area contributed by atoms with Crippen LogP contribution in [0.4, 0.5) is 5.69 Å². The molecule has 4 N–H and O–H groups in total. The van der Waals surface area contributed by atoms with Gasteiger partial charge >= 0.3 is 0 Å². The van der Waals surface area contributed by atoms with Crippen LogP contribution in [0.15, 0.2) is 18.5 Å². The van der Waals surface area contributed by atoms with E-state index >= 15 is 0 Å². The number of hydrogen-bond donors (Lipinski definition) is 2. The molecule has 0 saturated carbocycles. The number of carbonyl (C=O) groups excluding carboxylic acids is 1. The minimum Gasteiger partial charge on any atom is -0.398 e. The first kappa shape index (κ1) is 10.7. The van der Waals surface area contributed by atoms with Gasteiger partial charge in [-0.25, -0.2) is 0 Å². The van der Waals surface area contributed by atoms with Crippen molar-refractivity contribution < 1.29 is 4.79 Å². The molecular formula is C10H15N3O. The van der Waals surface area contributed by atoms with E-state index in [-0.39, 0.29) is 11.7 Å². The predicted octanol–water partition coefficient (Wildman–Crippen LogP) is 0.831. The van der Waals surface area contributed by atoms with E-state index in [0.717, 1.165) is 0 Å². The van der Waals surface area contributed by atoms with Gasteiger partial charge in [0.2, 0.25) is 0 Å². The maximum atomic E-state index is 11.7. The van der Waals surface area contributed by atoms with E-state index in [1.165, 1.54) is 6.20 Å². The first-order valence-corrected chi connectivity index (χ1v) is 4.58. The second kappa shape index (κ2) is 4.72. The highest BCUT2D eigenvalue weighted by molar-refractivity contribution is 6.00. The van der Waals surface area contributed by atoms with Crippen molar-refractivity contribution in [3.63, 3.8) is 0 Å². The van der Waals surface area contributed by atoms with E-state index in [4.69, 9.17) is 11.5 Å². The molecule has 76 valence electrons. The van der Waals surface area contributed by atoms with Crippen LogP contribution < -0.4 is 11.5 Å². The van der Waals surface area contributed by atoms with Gasteiger partial charge in [0.25, 0.3) is 0 Å². The van der Waals surface area contributed by atoms with Crippen LogP contribution in [0.1, 0.15) is 23.7 Å². The maximum absolute atomic E-state index is 11.7. The molecule has 14 heavy (non-hydrogen) atoms. The molecule has 0 aromatic carbocycles. The Morgan fingerprint density at radius 2 is 2.36 bits per heavy atom. The van der Waals surface area contributed by atoms with Crippen molar-refractivity contribution in [1.82, 2.24) is 4.98 Å². The highest BCUT2D eigenvalue weighted by Gasteiger charge is 2.12. The molecule has 0 aliphatic carbocycles. The summed E-state index contributed by atoms with van der Waals surface area (Å²) >= 11 is 0. The standard InChI is InChI=1S/C10H15N3O/c1-7(5-11)4-10(14)8-6-13-3-2-9(8)12/h2-3,6-7H,4-5,11H2,1H3,(H2,12,13). The molecule has 0 bridgehead atoms. The fourth-order valence-electron chi connectivity index (χ4n) is 1.15. The average Bonchev–Trinajstić information content (AvgIpc) is 2.18. The quantitative estimate of drug-likeness (QED) is 0.694. The van der Waals surface area contributed by atoms with Crippen LogP contribution in [0.5, 0.6) is 0 Å². The summed E-state index contributed by atoms with van der Waals surface area (Å²) in [6.07, 6.45) is 3.49. The number of Topliss-reactive ketones (excluding diaryl/α,β-unsaturated/α-hetero) is 1. The summed E-state index contributed by atoms with van der Waals surface area (Å²) in [5, 5.41) is 0. The highest BCUT2D eigenvalue weighted by atomic mass is 16.1. The Bertz CT molecular complexity index is 325. The number of nitrogens with zero attached hydrogens (tertiary/aromatic N) is 1. The van der Waals surface area contributed by atoms with Gasteiger partial charge in [0.15, 0.2) is 5.78 Å². The van der Waals surface area contributed by atoms with Crippen LogP contribution in [0.3, 0.4) is 0 Å². The van der Waals surface area contributed by atoms with Gasteiger partial charge in [0.05, 0.1) is 5.56 Å². The molecule has 0 spiro atoms. The van der Waals surface area contributed by atoms with Gasteiger partial charge in [0.1, 0.15) is 0 Å². The molecular weight excluding hydrogens is 178 g/mol. The molecule has 0 amide bonds. The molecule has 1 aromatic heterocycles. The Morgan fingerprint density at radius 3 is 2.93 bits per heavy atom. The van der Waals surface area contributed by atoms with Crippen LogP contribution in [0.25, 0.3) is 0 Å². The van der Waals surface area contributed by atoms with Crippen molar-refractivity contribution in [3.8, 4) is 0 Å². The Hall–Kier alpha value is -1.42. The average molecular weight is 193 g/mol. The zero-order valence-electron chi connectivity index (χ0n) is 8.23. The van der Waals surface area contributed by atoms with Crippen LogP contribution in [0, 0.1) is 5.92 Å². The Kier molecular flexibility index (Phi) is 3.59. The summed E-state index contributed by atoms with van der Waals surface area (Å²) in [4.78, 5) is 15.5. The van der Waals surface area contributed by atoms with E-state index in [1.807, 2.05) is 6.92 Å². The summed E-state index contributed by atoms with van der Waals surface area (Å²) in [5.41, 5.74) is 12.1. The molecule has 0 aliphatic heterocycles. The van der Waals surface area contributed by atoms with Crippen LogP contribution in [0.2, 0.25) is 0 Å². The molecule has 1 heterocycles. The predicted molar refractivity (Wildman–Crippen MR) is 55.8 cm³/mol. The fourth-order valence-corrected chi connectivity index (χ4v) is 1.15. The monoisotopic (exact) mass is 193 g/mol. The SMILES string of the molecule is CC(CN)CC(=O)c1cnccc1N. The molecule has 0 aliphatic rings. The molecule has 0 radical (unpaired) electrons. The minimum atomic E-state index is 0.00792. The third-order valence-corrected chi connectivity index (χ3v) is 2.09. The van der Waals surface area contributed by atoms with Gasteiger partial charge in [-0.3, -0.25) is 9.78 Å². The van der Waals surface area contributed by atoms with Gasteiger partial charge < -0.3 is 11.5 Å². The Balaban J connectivity index is 2.75. The van der Waals surface area contributed by atoms with Crippen molar-refractivity contribution in [2.75, 3.05) is 12.3 Å². The lowest BCUT2D eigenvalue weighted by Gasteiger charge is -2.08. The van der Waals surface area contributed by atoms with Crippen molar-refractivity contribution in [1.29, 1.82) is 0 Å². The van der Waals surface area contributed by atoms with Crippen LogP contribution in [-0.2, 0) is 0 Å². The summed E-state index contributed by atoms with van der Waals surface area (Å²) < 4.78 is 0. The van der Waals surface area contributed by atoms with Crippen molar-refractivity contribution in [3.05, 3.63) is 24.0 Å². The number of hydrogen-bond acceptors (Lipinski definition) is 4. The summed E-state index contributed by atoms with van der Waals surface area (Å²) in [5.74, 6) is 0.190. The lowest BCUT2D eigenvalue weighted by Crippen LogP contribution is -2.16. The van der Waals surface area contributed by atoms with Crippen LogP contribution in [-0.4, -0.2) is 17.3 Å². The first-order chi connectivity index (χ1) is 6.65. The summed E-state index contributed by atoms with van der Waals surface area (Å²) in [6, 6.07) is 1.63.